The molecule has 1 aliphatic heterocycles. The number of nitrogens with one attached hydrogen (secondary N) is 1. The topological polar surface area (TPSA) is 61.4 Å². The number of carbonyl (C=O) groups excluding carboxylic acids is 1. The van der Waals surface area contributed by atoms with Crippen molar-refractivity contribution in [3.8, 4) is 0 Å². The molecule has 0 spiro atoms. The second-order valence-corrected chi connectivity index (χ2v) is 6.38. The molecule has 1 N–H and O–H groups in total. The Labute approximate surface area is 148 Å². The van der Waals surface area contributed by atoms with E-state index >= 15 is 0 Å². The number of piperazine rings is 1. The van der Waals surface area contributed by atoms with Gasteiger partial charge in [0.25, 0.3) is 0 Å². The quantitative estimate of drug-likeness (QED) is 0.818. The van der Waals surface area contributed by atoms with Crippen molar-refractivity contribution >= 4 is 11.9 Å². The minimum atomic E-state index is 0.137. The maximum absolute atomic E-state index is 12.7. The van der Waals surface area contributed by atoms with Gasteiger partial charge < -0.3 is 15.1 Å². The summed E-state index contributed by atoms with van der Waals surface area (Å²) in [4.78, 5) is 25.3. The largest absolute Gasteiger partial charge is 0.354 e. The van der Waals surface area contributed by atoms with E-state index < -0.39 is 0 Å². The van der Waals surface area contributed by atoms with Crippen LogP contribution in [0.1, 0.15) is 24.4 Å². The first-order valence-corrected chi connectivity index (χ1v) is 8.78. The summed E-state index contributed by atoms with van der Waals surface area (Å²) in [5, 5.41) is 3.15. The Morgan fingerprint density at radius 3 is 2.68 bits per heavy atom. The molecule has 6 nitrogen and oxygen atoms in total. The summed E-state index contributed by atoms with van der Waals surface area (Å²) in [5.74, 6) is 0.828. The van der Waals surface area contributed by atoms with Gasteiger partial charge >= 0.3 is 0 Å². The zero-order valence-corrected chi connectivity index (χ0v) is 14.6. The van der Waals surface area contributed by atoms with Crippen LogP contribution >= 0.6 is 0 Å². The Kier molecular flexibility index (Phi) is 5.95. The Morgan fingerprint density at radius 1 is 1.16 bits per heavy atom. The lowest BCUT2D eigenvalue weighted by molar-refractivity contribution is -0.136. The second-order valence-electron chi connectivity index (χ2n) is 6.38. The van der Waals surface area contributed by atoms with Crippen molar-refractivity contribution in [1.82, 2.24) is 19.8 Å². The van der Waals surface area contributed by atoms with Crippen LogP contribution in [0.25, 0.3) is 0 Å². The molecule has 6 heteroatoms. The molecule has 132 valence electrons. The maximum Gasteiger partial charge on any atom is 0.223 e. The number of nitrogens with zero attached hydrogens (tertiary/aromatic N) is 4. The van der Waals surface area contributed by atoms with Crippen LogP contribution in [0.3, 0.4) is 0 Å². The summed E-state index contributed by atoms with van der Waals surface area (Å²) in [6.45, 7) is 3.28. The molecule has 2 aromatic rings. The van der Waals surface area contributed by atoms with Gasteiger partial charge in [0.05, 0.1) is 6.04 Å². The first-order valence-electron chi connectivity index (χ1n) is 8.78. The van der Waals surface area contributed by atoms with Gasteiger partial charge in [-0.05, 0) is 25.1 Å². The predicted octanol–water partition coefficient (Wildman–Crippen LogP) is 2.18. The molecule has 1 unspecified atom stereocenters. The van der Waals surface area contributed by atoms with Gasteiger partial charge in [-0.1, -0.05) is 30.3 Å². The lowest BCUT2D eigenvalue weighted by Gasteiger charge is -2.40. The molecule has 1 atom stereocenters. The molecule has 25 heavy (non-hydrogen) atoms. The van der Waals surface area contributed by atoms with Gasteiger partial charge in [0.2, 0.25) is 11.9 Å². The average Bonchev–Trinajstić information content (AvgIpc) is 2.66. The highest BCUT2D eigenvalue weighted by molar-refractivity contribution is 5.77. The van der Waals surface area contributed by atoms with E-state index in [0.717, 1.165) is 26.1 Å². The van der Waals surface area contributed by atoms with Crippen LogP contribution in [-0.4, -0.2) is 58.9 Å². The number of carbonyl (C=O) groups is 1. The molecule has 1 amide bonds. The highest BCUT2D eigenvalue weighted by Gasteiger charge is 2.29. The summed E-state index contributed by atoms with van der Waals surface area (Å²) < 4.78 is 0. The molecular formula is C19H25N5O. The lowest BCUT2D eigenvalue weighted by Crippen LogP contribution is -2.49. The van der Waals surface area contributed by atoms with Crippen molar-refractivity contribution in [2.45, 2.75) is 18.9 Å². The Balaban J connectivity index is 1.54. The molecule has 1 aromatic heterocycles. The van der Waals surface area contributed by atoms with Crippen LogP contribution in [0.15, 0.2) is 48.8 Å². The smallest absolute Gasteiger partial charge is 0.223 e. The van der Waals surface area contributed by atoms with Gasteiger partial charge in [-0.15, -0.1) is 0 Å². The Bertz CT molecular complexity index is 664. The first kappa shape index (κ1) is 17.4. The van der Waals surface area contributed by atoms with Crippen LogP contribution in [0.5, 0.6) is 0 Å². The van der Waals surface area contributed by atoms with Crippen molar-refractivity contribution in [2.75, 3.05) is 38.5 Å². The number of benzene rings is 1. The third kappa shape index (κ3) is 4.76. The van der Waals surface area contributed by atoms with Gasteiger partial charge in [-0.2, -0.15) is 0 Å². The van der Waals surface area contributed by atoms with Crippen molar-refractivity contribution < 1.29 is 4.79 Å². The summed E-state index contributed by atoms with van der Waals surface area (Å²) in [5.41, 5.74) is 1.21. The standard InChI is InChI=1S/C19H25N5O/c1-23-13-14-24(17(15-23)16-7-3-2-4-8-16)18(25)9-5-10-20-19-21-11-6-12-22-19/h2-4,6-8,11-12,17H,5,9-10,13-15H2,1H3,(H,20,21,22). The first-order chi connectivity index (χ1) is 12.2. The minimum Gasteiger partial charge on any atom is -0.354 e. The fraction of sp³-hybridized carbons (Fsp3) is 0.421. The van der Waals surface area contributed by atoms with E-state index in [0.29, 0.717) is 18.9 Å². The molecule has 1 saturated heterocycles. The van der Waals surface area contributed by atoms with Gasteiger partial charge in [0.15, 0.2) is 0 Å². The van der Waals surface area contributed by atoms with E-state index in [1.807, 2.05) is 23.1 Å². The monoisotopic (exact) mass is 339 g/mol. The summed E-state index contributed by atoms with van der Waals surface area (Å²) >= 11 is 0. The highest BCUT2D eigenvalue weighted by atomic mass is 16.2. The number of anilines is 1. The van der Waals surface area contributed by atoms with Crippen LogP contribution in [0, 0.1) is 0 Å². The Hall–Kier alpha value is -2.47. The molecule has 1 aromatic carbocycles. The maximum atomic E-state index is 12.7. The van der Waals surface area contributed by atoms with E-state index in [9.17, 15) is 4.79 Å². The SMILES string of the molecule is CN1CCN(C(=O)CCCNc2ncccn2)C(c2ccccc2)C1. The van der Waals surface area contributed by atoms with E-state index in [4.69, 9.17) is 0 Å². The number of likely N-dealkylation sites (N-methyl/N-ethyl adjacent to an activating group) is 1. The minimum absolute atomic E-state index is 0.137. The average molecular weight is 339 g/mol. The van der Waals surface area contributed by atoms with Gasteiger partial charge in [-0.25, -0.2) is 9.97 Å². The third-order valence-electron chi connectivity index (χ3n) is 4.50. The van der Waals surface area contributed by atoms with Crippen LogP contribution in [0.2, 0.25) is 0 Å². The van der Waals surface area contributed by atoms with Crippen LogP contribution < -0.4 is 5.32 Å². The summed E-state index contributed by atoms with van der Waals surface area (Å²) in [7, 11) is 2.11. The van der Waals surface area contributed by atoms with E-state index in [2.05, 4.69) is 39.4 Å². The Morgan fingerprint density at radius 2 is 1.92 bits per heavy atom. The van der Waals surface area contributed by atoms with E-state index in [1.165, 1.54) is 5.56 Å². The normalized spacial score (nSPS) is 18.1. The number of hydrogen-bond acceptors (Lipinski definition) is 5. The number of amides is 1. The second kappa shape index (κ2) is 8.58. The molecule has 0 bridgehead atoms. The van der Waals surface area contributed by atoms with Crippen LogP contribution in [0.4, 0.5) is 5.95 Å². The number of rotatable bonds is 6. The van der Waals surface area contributed by atoms with E-state index in [-0.39, 0.29) is 11.9 Å². The van der Waals surface area contributed by atoms with Gasteiger partial charge in [0.1, 0.15) is 0 Å². The third-order valence-corrected chi connectivity index (χ3v) is 4.50. The molecule has 3 rings (SSSR count). The predicted molar refractivity (Wildman–Crippen MR) is 98.1 cm³/mol. The zero-order valence-electron chi connectivity index (χ0n) is 14.6. The number of aromatic nitrogens is 2. The summed E-state index contributed by atoms with van der Waals surface area (Å²) in [6.07, 6.45) is 4.71. The molecule has 0 aliphatic carbocycles. The van der Waals surface area contributed by atoms with E-state index in [1.54, 1.807) is 18.5 Å². The van der Waals surface area contributed by atoms with Crippen molar-refractivity contribution in [2.24, 2.45) is 0 Å². The van der Waals surface area contributed by atoms with Gasteiger partial charge in [0, 0.05) is 45.0 Å². The summed E-state index contributed by atoms with van der Waals surface area (Å²) in [6, 6.07) is 12.2. The zero-order chi connectivity index (χ0) is 17.5. The molecule has 2 heterocycles. The molecule has 0 saturated carbocycles. The van der Waals surface area contributed by atoms with Crippen molar-refractivity contribution in [3.05, 3.63) is 54.4 Å². The van der Waals surface area contributed by atoms with Gasteiger partial charge in [-0.3, -0.25) is 4.79 Å². The number of hydrogen-bond donors (Lipinski definition) is 1. The van der Waals surface area contributed by atoms with Crippen LogP contribution in [-0.2, 0) is 4.79 Å². The fourth-order valence-corrected chi connectivity index (χ4v) is 3.15. The van der Waals surface area contributed by atoms with Crippen molar-refractivity contribution in [1.29, 1.82) is 0 Å². The highest BCUT2D eigenvalue weighted by Crippen LogP contribution is 2.25. The lowest BCUT2D eigenvalue weighted by atomic mass is 10.0. The van der Waals surface area contributed by atoms with Crippen molar-refractivity contribution in [3.63, 3.8) is 0 Å². The fourth-order valence-electron chi connectivity index (χ4n) is 3.15. The molecule has 0 radical (unpaired) electrons. The molecule has 1 aliphatic rings. The molecular weight excluding hydrogens is 314 g/mol. The molecule has 1 fully saturated rings.